The van der Waals surface area contributed by atoms with Crippen LogP contribution in [0.3, 0.4) is 0 Å². The summed E-state index contributed by atoms with van der Waals surface area (Å²) in [6.07, 6.45) is 8.52. The van der Waals surface area contributed by atoms with E-state index in [-0.39, 0.29) is 0 Å². The van der Waals surface area contributed by atoms with Gasteiger partial charge in [-0.3, -0.25) is 0 Å². The lowest BCUT2D eigenvalue weighted by Crippen LogP contribution is -2.03. The quantitative estimate of drug-likeness (QED) is 0.738. The first kappa shape index (κ1) is 8.30. The van der Waals surface area contributed by atoms with Crippen LogP contribution >= 0.6 is 15.9 Å². The first-order valence-electron chi connectivity index (χ1n) is 4.48. The Morgan fingerprint density at radius 3 is 2.67 bits per heavy atom. The van der Waals surface area contributed by atoms with Crippen molar-refractivity contribution in [3.05, 3.63) is 16.4 Å². The van der Waals surface area contributed by atoms with Crippen molar-refractivity contribution < 1.29 is 4.52 Å². The maximum Gasteiger partial charge on any atom is 0.205 e. The summed E-state index contributed by atoms with van der Waals surface area (Å²) in [5.74, 6) is 0.680. The van der Waals surface area contributed by atoms with E-state index in [0.717, 1.165) is 4.67 Å². The van der Waals surface area contributed by atoms with Crippen LogP contribution in [0.1, 0.15) is 43.6 Å². The average molecular weight is 230 g/mol. The van der Waals surface area contributed by atoms with Gasteiger partial charge in [0, 0.05) is 5.56 Å². The Balaban J connectivity index is 2.13. The van der Waals surface area contributed by atoms with Gasteiger partial charge >= 0.3 is 0 Å². The SMILES string of the molecule is Brc1oncc1C1CCCCC1. The number of rotatable bonds is 1. The topological polar surface area (TPSA) is 26.0 Å². The number of hydrogen-bond acceptors (Lipinski definition) is 2. The zero-order valence-corrected chi connectivity index (χ0v) is 8.51. The lowest BCUT2D eigenvalue weighted by atomic mass is 9.86. The molecule has 1 aromatic rings. The summed E-state index contributed by atoms with van der Waals surface area (Å²) in [5.41, 5.74) is 1.26. The molecular formula is C9H12BrNO. The van der Waals surface area contributed by atoms with E-state index in [1.54, 1.807) is 0 Å². The Labute approximate surface area is 80.4 Å². The minimum Gasteiger partial charge on any atom is -0.349 e. The van der Waals surface area contributed by atoms with Crippen molar-refractivity contribution in [3.63, 3.8) is 0 Å². The molecule has 0 unspecified atom stereocenters. The number of halogens is 1. The molecule has 1 heterocycles. The molecule has 1 saturated carbocycles. The zero-order chi connectivity index (χ0) is 8.39. The highest BCUT2D eigenvalue weighted by Crippen LogP contribution is 2.35. The molecule has 0 aliphatic heterocycles. The molecule has 2 nitrogen and oxygen atoms in total. The molecule has 1 fully saturated rings. The van der Waals surface area contributed by atoms with Gasteiger partial charge in [-0.25, -0.2) is 0 Å². The molecule has 0 saturated heterocycles. The van der Waals surface area contributed by atoms with Crippen molar-refractivity contribution in [1.82, 2.24) is 5.16 Å². The van der Waals surface area contributed by atoms with Gasteiger partial charge in [0.05, 0.1) is 6.20 Å². The Morgan fingerprint density at radius 1 is 1.33 bits per heavy atom. The molecular weight excluding hydrogens is 218 g/mol. The second kappa shape index (κ2) is 3.60. The molecule has 1 aromatic heterocycles. The predicted molar refractivity (Wildman–Crippen MR) is 50.0 cm³/mol. The van der Waals surface area contributed by atoms with E-state index in [0.29, 0.717) is 5.92 Å². The van der Waals surface area contributed by atoms with Crippen molar-refractivity contribution in [2.75, 3.05) is 0 Å². The van der Waals surface area contributed by atoms with Gasteiger partial charge in [-0.1, -0.05) is 24.4 Å². The maximum absolute atomic E-state index is 4.98. The Hall–Kier alpha value is -0.310. The van der Waals surface area contributed by atoms with Crippen molar-refractivity contribution in [1.29, 1.82) is 0 Å². The van der Waals surface area contributed by atoms with Crippen molar-refractivity contribution in [3.8, 4) is 0 Å². The van der Waals surface area contributed by atoms with E-state index in [1.807, 2.05) is 6.20 Å². The Morgan fingerprint density at radius 2 is 2.08 bits per heavy atom. The van der Waals surface area contributed by atoms with Gasteiger partial charge in [0.1, 0.15) is 0 Å². The fourth-order valence-corrected chi connectivity index (χ4v) is 2.42. The molecule has 0 atom stereocenters. The van der Waals surface area contributed by atoms with E-state index < -0.39 is 0 Å². The molecule has 12 heavy (non-hydrogen) atoms. The fraction of sp³-hybridized carbons (Fsp3) is 0.667. The largest absolute Gasteiger partial charge is 0.349 e. The molecule has 0 radical (unpaired) electrons. The first-order valence-corrected chi connectivity index (χ1v) is 5.27. The van der Waals surface area contributed by atoms with Gasteiger partial charge in [0.25, 0.3) is 0 Å². The highest BCUT2D eigenvalue weighted by molar-refractivity contribution is 9.10. The summed E-state index contributed by atoms with van der Waals surface area (Å²) in [5, 5.41) is 3.78. The van der Waals surface area contributed by atoms with Crippen LogP contribution in [0.5, 0.6) is 0 Å². The van der Waals surface area contributed by atoms with E-state index in [4.69, 9.17) is 4.52 Å². The molecule has 0 bridgehead atoms. The highest BCUT2D eigenvalue weighted by atomic mass is 79.9. The molecule has 1 aliphatic carbocycles. The lowest BCUT2D eigenvalue weighted by Gasteiger charge is -2.19. The average Bonchev–Trinajstić information content (AvgIpc) is 2.53. The summed E-state index contributed by atoms with van der Waals surface area (Å²) in [6.45, 7) is 0. The second-order valence-corrected chi connectivity index (χ2v) is 4.11. The van der Waals surface area contributed by atoms with Crippen LogP contribution in [0.2, 0.25) is 0 Å². The molecule has 0 aromatic carbocycles. The number of nitrogens with zero attached hydrogens (tertiary/aromatic N) is 1. The van der Waals surface area contributed by atoms with Crippen molar-refractivity contribution in [2.45, 2.75) is 38.0 Å². The van der Waals surface area contributed by atoms with Gasteiger partial charge in [-0.2, -0.15) is 0 Å². The third kappa shape index (κ3) is 1.56. The van der Waals surface area contributed by atoms with Crippen molar-refractivity contribution >= 4 is 15.9 Å². The summed E-state index contributed by atoms with van der Waals surface area (Å²) >= 11 is 3.37. The van der Waals surface area contributed by atoms with Gasteiger partial charge in [-0.05, 0) is 34.7 Å². The minimum absolute atomic E-state index is 0.680. The minimum atomic E-state index is 0.680. The molecule has 0 spiro atoms. The highest BCUT2D eigenvalue weighted by Gasteiger charge is 2.19. The monoisotopic (exact) mass is 229 g/mol. The maximum atomic E-state index is 4.98. The Kier molecular flexibility index (Phi) is 2.49. The summed E-state index contributed by atoms with van der Waals surface area (Å²) in [6, 6.07) is 0. The van der Waals surface area contributed by atoms with Gasteiger partial charge < -0.3 is 4.52 Å². The molecule has 66 valence electrons. The summed E-state index contributed by atoms with van der Waals surface area (Å²) < 4.78 is 5.81. The van der Waals surface area contributed by atoms with Gasteiger partial charge in [-0.15, -0.1) is 0 Å². The molecule has 3 heteroatoms. The molecule has 0 N–H and O–H groups in total. The van der Waals surface area contributed by atoms with Gasteiger partial charge in [0.2, 0.25) is 4.67 Å². The lowest BCUT2D eigenvalue weighted by molar-refractivity contribution is 0.392. The summed E-state index contributed by atoms with van der Waals surface area (Å²) in [4.78, 5) is 0. The zero-order valence-electron chi connectivity index (χ0n) is 6.92. The van der Waals surface area contributed by atoms with Gasteiger partial charge in [0.15, 0.2) is 0 Å². The van der Waals surface area contributed by atoms with Crippen LogP contribution < -0.4 is 0 Å². The van der Waals surface area contributed by atoms with E-state index in [2.05, 4.69) is 21.1 Å². The van der Waals surface area contributed by atoms with Crippen LogP contribution in [0.4, 0.5) is 0 Å². The van der Waals surface area contributed by atoms with E-state index in [1.165, 1.54) is 37.7 Å². The fourth-order valence-electron chi connectivity index (χ4n) is 1.91. The third-order valence-electron chi connectivity index (χ3n) is 2.60. The van der Waals surface area contributed by atoms with Crippen LogP contribution in [0.25, 0.3) is 0 Å². The van der Waals surface area contributed by atoms with E-state index >= 15 is 0 Å². The number of aromatic nitrogens is 1. The molecule has 1 aliphatic rings. The summed E-state index contributed by atoms with van der Waals surface area (Å²) in [7, 11) is 0. The first-order chi connectivity index (χ1) is 5.88. The molecule has 2 rings (SSSR count). The molecule has 0 amide bonds. The van der Waals surface area contributed by atoms with Crippen LogP contribution in [-0.4, -0.2) is 5.16 Å². The second-order valence-electron chi connectivity index (χ2n) is 3.39. The third-order valence-corrected chi connectivity index (χ3v) is 3.20. The Bertz CT molecular complexity index is 253. The normalized spacial score (nSPS) is 19.8. The van der Waals surface area contributed by atoms with E-state index in [9.17, 15) is 0 Å². The predicted octanol–water partition coefficient (Wildman–Crippen LogP) is 3.48. The number of hydrogen-bond donors (Lipinski definition) is 0. The van der Waals surface area contributed by atoms with Crippen LogP contribution in [-0.2, 0) is 0 Å². The van der Waals surface area contributed by atoms with Crippen molar-refractivity contribution in [2.24, 2.45) is 0 Å². The van der Waals surface area contributed by atoms with Crippen LogP contribution in [0.15, 0.2) is 15.4 Å². The van der Waals surface area contributed by atoms with Crippen LogP contribution in [0, 0.1) is 0 Å². The standard InChI is InChI=1S/C9H12BrNO/c10-9-8(6-11-12-9)7-4-2-1-3-5-7/h6-7H,1-5H2. The smallest absolute Gasteiger partial charge is 0.205 e.